The van der Waals surface area contributed by atoms with Gasteiger partial charge in [-0.25, -0.2) is 4.79 Å². The lowest BCUT2D eigenvalue weighted by molar-refractivity contribution is -0.137. The number of benzene rings is 1. The first kappa shape index (κ1) is 23.1. The molecule has 0 saturated heterocycles. The van der Waals surface area contributed by atoms with E-state index in [4.69, 9.17) is 4.42 Å². The Kier molecular flexibility index (Phi) is 6.94. The van der Waals surface area contributed by atoms with Crippen LogP contribution in [-0.4, -0.2) is 5.11 Å². The van der Waals surface area contributed by atoms with Crippen LogP contribution >= 0.6 is 11.3 Å². The molecule has 2 aromatic heterocycles. The Morgan fingerprint density at radius 1 is 1.06 bits per heavy atom. The fraction of sp³-hybridized carbons (Fsp3) is 0.375. The van der Waals surface area contributed by atoms with Crippen molar-refractivity contribution >= 4 is 11.3 Å². The molecule has 0 spiro atoms. The summed E-state index contributed by atoms with van der Waals surface area (Å²) in [5.74, 6) is -0.256. The number of thiophene rings is 1. The van der Waals surface area contributed by atoms with Crippen molar-refractivity contribution in [2.45, 2.75) is 58.0 Å². The standard InChI is InChI=1S/C24H25F3O3S/c1-4-16(12-15-7-9-17(10-8-15)24(25,26)27)20-13-19(28)22(23(29)30-20)18(5-2)21-11-6-14(3)31-21/h6-11,13,16,18,28H,4-5,12H2,1-3H3. The van der Waals surface area contributed by atoms with Crippen LogP contribution in [0.5, 0.6) is 5.75 Å². The van der Waals surface area contributed by atoms with Crippen molar-refractivity contribution in [2.24, 2.45) is 0 Å². The number of aryl methyl sites for hydroxylation is 1. The van der Waals surface area contributed by atoms with E-state index in [2.05, 4.69) is 0 Å². The van der Waals surface area contributed by atoms with Gasteiger partial charge in [-0.05, 0) is 56.0 Å². The van der Waals surface area contributed by atoms with E-state index in [-0.39, 0.29) is 23.1 Å². The normalized spacial score (nSPS) is 13.9. The molecule has 0 saturated carbocycles. The molecule has 1 aromatic carbocycles. The minimum absolute atomic E-state index is 0.102. The second-order valence-electron chi connectivity index (χ2n) is 7.65. The highest BCUT2D eigenvalue weighted by molar-refractivity contribution is 7.12. The quantitative estimate of drug-likeness (QED) is 0.421. The predicted molar refractivity (Wildman–Crippen MR) is 116 cm³/mol. The van der Waals surface area contributed by atoms with Gasteiger partial charge in [-0.15, -0.1) is 11.3 Å². The first-order chi connectivity index (χ1) is 14.6. The molecule has 3 rings (SSSR count). The molecule has 0 fully saturated rings. The van der Waals surface area contributed by atoms with E-state index in [0.717, 1.165) is 21.9 Å². The SMILES string of the molecule is CCC(Cc1ccc(C(F)(F)F)cc1)c1cc(O)c(C(CC)c2ccc(C)s2)c(=O)o1. The van der Waals surface area contributed by atoms with Gasteiger partial charge in [0.2, 0.25) is 0 Å². The summed E-state index contributed by atoms with van der Waals surface area (Å²) in [5.41, 5.74) is -0.324. The van der Waals surface area contributed by atoms with Crippen molar-refractivity contribution in [1.29, 1.82) is 0 Å². The predicted octanol–water partition coefficient (Wildman–Crippen LogP) is 7.01. The molecular weight excluding hydrogens is 425 g/mol. The summed E-state index contributed by atoms with van der Waals surface area (Å²) < 4.78 is 44.0. The molecule has 0 amide bonds. The van der Waals surface area contributed by atoms with Crippen LogP contribution in [-0.2, 0) is 12.6 Å². The van der Waals surface area contributed by atoms with Gasteiger partial charge in [0.05, 0.1) is 11.1 Å². The highest BCUT2D eigenvalue weighted by atomic mass is 32.1. The molecule has 0 aliphatic heterocycles. The molecule has 0 aliphatic carbocycles. The first-order valence-corrected chi connectivity index (χ1v) is 11.0. The smallest absolute Gasteiger partial charge is 0.416 e. The van der Waals surface area contributed by atoms with Crippen LogP contribution in [0.1, 0.15) is 70.7 Å². The molecule has 166 valence electrons. The van der Waals surface area contributed by atoms with Crippen molar-refractivity contribution in [3.8, 4) is 5.75 Å². The van der Waals surface area contributed by atoms with Gasteiger partial charge >= 0.3 is 11.8 Å². The third kappa shape index (κ3) is 5.21. The molecule has 1 N–H and O–H groups in total. The van der Waals surface area contributed by atoms with Crippen molar-refractivity contribution in [3.05, 3.63) is 85.1 Å². The van der Waals surface area contributed by atoms with E-state index >= 15 is 0 Å². The third-order valence-electron chi connectivity index (χ3n) is 5.51. The summed E-state index contributed by atoms with van der Waals surface area (Å²) in [5, 5.41) is 10.7. The summed E-state index contributed by atoms with van der Waals surface area (Å²) in [7, 11) is 0. The maximum absolute atomic E-state index is 12.8. The second-order valence-corrected chi connectivity index (χ2v) is 8.97. The van der Waals surface area contributed by atoms with Crippen molar-refractivity contribution in [2.75, 3.05) is 0 Å². The first-order valence-electron chi connectivity index (χ1n) is 10.2. The van der Waals surface area contributed by atoms with E-state index in [0.29, 0.717) is 30.6 Å². The molecule has 0 bridgehead atoms. The Morgan fingerprint density at radius 3 is 2.23 bits per heavy atom. The zero-order valence-electron chi connectivity index (χ0n) is 17.6. The van der Waals surface area contributed by atoms with Gasteiger partial charge in [-0.1, -0.05) is 26.0 Å². The summed E-state index contributed by atoms with van der Waals surface area (Å²) >= 11 is 1.58. The Hall–Kier alpha value is -2.54. The summed E-state index contributed by atoms with van der Waals surface area (Å²) in [6.45, 7) is 5.84. The van der Waals surface area contributed by atoms with E-state index in [1.54, 1.807) is 11.3 Å². The lowest BCUT2D eigenvalue weighted by Crippen LogP contribution is -2.15. The van der Waals surface area contributed by atoms with Gasteiger partial charge in [0, 0.05) is 27.7 Å². The molecule has 2 atom stereocenters. The zero-order valence-corrected chi connectivity index (χ0v) is 18.4. The lowest BCUT2D eigenvalue weighted by atomic mass is 9.91. The molecule has 31 heavy (non-hydrogen) atoms. The largest absolute Gasteiger partial charge is 0.507 e. The average molecular weight is 451 g/mol. The summed E-state index contributed by atoms with van der Waals surface area (Å²) in [6, 6.07) is 10.4. The number of aromatic hydroxyl groups is 1. The van der Waals surface area contributed by atoms with Crippen LogP contribution in [0.4, 0.5) is 13.2 Å². The van der Waals surface area contributed by atoms with Crippen LogP contribution in [0.3, 0.4) is 0 Å². The van der Waals surface area contributed by atoms with E-state index < -0.39 is 17.4 Å². The molecule has 3 aromatic rings. The van der Waals surface area contributed by atoms with Crippen molar-refractivity contribution in [1.82, 2.24) is 0 Å². The topological polar surface area (TPSA) is 50.4 Å². The highest BCUT2D eigenvalue weighted by Crippen LogP contribution is 2.37. The van der Waals surface area contributed by atoms with Crippen LogP contribution in [0.15, 0.2) is 51.7 Å². The molecule has 0 radical (unpaired) electrons. The monoisotopic (exact) mass is 450 g/mol. The molecule has 0 aliphatic rings. The van der Waals surface area contributed by atoms with Crippen molar-refractivity contribution < 1.29 is 22.7 Å². The fourth-order valence-electron chi connectivity index (χ4n) is 3.78. The Balaban J connectivity index is 1.89. The van der Waals surface area contributed by atoms with Gasteiger partial charge in [0.1, 0.15) is 11.5 Å². The number of hydrogen-bond donors (Lipinski definition) is 1. The summed E-state index contributed by atoms with van der Waals surface area (Å²) in [6.07, 6.45) is -2.74. The van der Waals surface area contributed by atoms with Gasteiger partial charge < -0.3 is 9.52 Å². The van der Waals surface area contributed by atoms with Crippen LogP contribution in [0, 0.1) is 6.92 Å². The minimum atomic E-state index is -4.38. The Labute approximate surface area is 183 Å². The summed E-state index contributed by atoms with van der Waals surface area (Å²) in [4.78, 5) is 14.9. The van der Waals surface area contributed by atoms with Crippen LogP contribution < -0.4 is 5.63 Å². The molecular formula is C24H25F3O3S. The maximum Gasteiger partial charge on any atom is 0.416 e. The van der Waals surface area contributed by atoms with Crippen LogP contribution in [0.2, 0.25) is 0 Å². The molecule has 2 unspecified atom stereocenters. The number of rotatable bonds is 7. The Bertz CT molecular complexity index is 1080. The highest BCUT2D eigenvalue weighted by Gasteiger charge is 2.30. The van der Waals surface area contributed by atoms with E-state index in [9.17, 15) is 23.1 Å². The van der Waals surface area contributed by atoms with Crippen LogP contribution in [0.25, 0.3) is 0 Å². The molecule has 7 heteroatoms. The Morgan fingerprint density at radius 2 is 1.74 bits per heavy atom. The fourth-order valence-corrected chi connectivity index (χ4v) is 4.85. The number of halogens is 3. The molecule has 3 nitrogen and oxygen atoms in total. The zero-order chi connectivity index (χ0) is 22.8. The van der Waals surface area contributed by atoms with Gasteiger partial charge in [-0.2, -0.15) is 13.2 Å². The average Bonchev–Trinajstić information content (AvgIpc) is 3.14. The number of hydrogen-bond acceptors (Lipinski definition) is 4. The van der Waals surface area contributed by atoms with E-state index in [1.807, 2.05) is 32.9 Å². The van der Waals surface area contributed by atoms with Crippen molar-refractivity contribution in [3.63, 3.8) is 0 Å². The van der Waals surface area contributed by atoms with Gasteiger partial charge in [-0.3, -0.25) is 0 Å². The third-order valence-corrected chi connectivity index (χ3v) is 6.62. The minimum Gasteiger partial charge on any atom is -0.507 e. The van der Waals surface area contributed by atoms with Gasteiger partial charge in [0.15, 0.2) is 0 Å². The maximum atomic E-state index is 12.8. The molecule has 2 heterocycles. The van der Waals surface area contributed by atoms with E-state index in [1.165, 1.54) is 18.2 Å². The number of alkyl halides is 3. The second kappa shape index (κ2) is 9.30. The van der Waals surface area contributed by atoms with Gasteiger partial charge in [0.25, 0.3) is 0 Å². The lowest BCUT2D eigenvalue weighted by Gasteiger charge is -2.18.